The predicted octanol–water partition coefficient (Wildman–Crippen LogP) is 2.23. The van der Waals surface area contributed by atoms with Gasteiger partial charge in [-0.15, -0.1) is 0 Å². The van der Waals surface area contributed by atoms with Gasteiger partial charge in [-0.2, -0.15) is 5.26 Å². The summed E-state index contributed by atoms with van der Waals surface area (Å²) in [5.74, 6) is -1.19. The number of halogens is 1. The average molecular weight is 323 g/mol. The number of amides is 2. The van der Waals surface area contributed by atoms with Gasteiger partial charge in [-0.25, -0.2) is 4.39 Å². The Labute approximate surface area is 138 Å². The lowest BCUT2D eigenvalue weighted by Gasteiger charge is -2.17. The molecule has 120 valence electrons. The molecule has 0 spiro atoms. The van der Waals surface area contributed by atoms with Crippen LogP contribution < -0.4 is 10.2 Å². The number of nitrogens with one attached hydrogen (secondary N) is 1. The van der Waals surface area contributed by atoms with Crippen molar-refractivity contribution in [2.75, 3.05) is 11.4 Å². The van der Waals surface area contributed by atoms with Crippen LogP contribution in [-0.2, 0) is 4.79 Å². The van der Waals surface area contributed by atoms with E-state index in [9.17, 15) is 14.0 Å². The molecule has 3 rings (SSSR count). The highest BCUT2D eigenvalue weighted by atomic mass is 19.1. The van der Waals surface area contributed by atoms with Gasteiger partial charge in [-0.05, 0) is 42.8 Å². The lowest BCUT2D eigenvalue weighted by atomic mass is 10.1. The molecule has 0 bridgehead atoms. The summed E-state index contributed by atoms with van der Waals surface area (Å²) >= 11 is 0. The first-order valence-corrected chi connectivity index (χ1v) is 7.47. The predicted molar refractivity (Wildman–Crippen MR) is 85.8 cm³/mol. The molecule has 1 unspecified atom stereocenters. The van der Waals surface area contributed by atoms with E-state index in [0.29, 0.717) is 24.1 Å². The zero-order chi connectivity index (χ0) is 17.1. The number of nitriles is 1. The molecule has 0 aliphatic carbocycles. The first kappa shape index (κ1) is 15.7. The number of rotatable bonds is 3. The standard InChI is InChI=1S/C18H14FN3O2/c19-14-3-1-2-4-16(14)22-10-9-15(18(22)24)21-17(23)13-7-5-12(11-20)6-8-13/h1-8,15H,9-10H2,(H,21,23). The molecule has 1 heterocycles. The van der Waals surface area contributed by atoms with E-state index in [1.54, 1.807) is 12.1 Å². The molecule has 1 saturated heterocycles. The van der Waals surface area contributed by atoms with Gasteiger partial charge in [0, 0.05) is 12.1 Å². The Morgan fingerprint density at radius 3 is 2.58 bits per heavy atom. The second-order valence-corrected chi connectivity index (χ2v) is 5.45. The number of nitrogens with zero attached hydrogens (tertiary/aromatic N) is 2. The number of para-hydroxylation sites is 1. The third-order valence-corrected chi connectivity index (χ3v) is 3.93. The molecule has 24 heavy (non-hydrogen) atoms. The number of hydrogen-bond donors (Lipinski definition) is 1. The summed E-state index contributed by atoms with van der Waals surface area (Å²) in [4.78, 5) is 26.0. The molecule has 1 N–H and O–H groups in total. The number of benzene rings is 2. The summed E-state index contributed by atoms with van der Waals surface area (Å²) in [5.41, 5.74) is 1.04. The van der Waals surface area contributed by atoms with Gasteiger partial charge in [0.05, 0.1) is 17.3 Å². The molecule has 5 nitrogen and oxygen atoms in total. The minimum Gasteiger partial charge on any atom is -0.340 e. The minimum atomic E-state index is -0.687. The van der Waals surface area contributed by atoms with Gasteiger partial charge >= 0.3 is 0 Å². The maximum absolute atomic E-state index is 13.8. The van der Waals surface area contributed by atoms with Gasteiger partial charge in [0.15, 0.2) is 0 Å². The highest BCUT2D eigenvalue weighted by molar-refractivity contribution is 6.04. The molecule has 0 aromatic heterocycles. The second-order valence-electron chi connectivity index (χ2n) is 5.45. The fraction of sp³-hybridized carbons (Fsp3) is 0.167. The Balaban J connectivity index is 1.70. The molecule has 2 aromatic carbocycles. The maximum Gasteiger partial charge on any atom is 0.251 e. The van der Waals surface area contributed by atoms with Crippen molar-refractivity contribution in [3.05, 3.63) is 65.5 Å². The fourth-order valence-electron chi connectivity index (χ4n) is 2.66. The molecule has 1 atom stereocenters. The van der Waals surface area contributed by atoms with E-state index in [1.807, 2.05) is 6.07 Å². The van der Waals surface area contributed by atoms with Gasteiger partial charge in [0.2, 0.25) is 5.91 Å². The monoisotopic (exact) mass is 323 g/mol. The van der Waals surface area contributed by atoms with Gasteiger partial charge in [0.1, 0.15) is 11.9 Å². The lowest BCUT2D eigenvalue weighted by Crippen LogP contribution is -2.41. The lowest BCUT2D eigenvalue weighted by molar-refractivity contribution is -0.118. The Morgan fingerprint density at radius 1 is 1.21 bits per heavy atom. The summed E-state index contributed by atoms with van der Waals surface area (Å²) in [6, 6.07) is 13.5. The molecular formula is C18H14FN3O2. The Morgan fingerprint density at radius 2 is 1.92 bits per heavy atom. The van der Waals surface area contributed by atoms with Crippen molar-refractivity contribution in [3.63, 3.8) is 0 Å². The van der Waals surface area contributed by atoms with Crippen LogP contribution in [0.3, 0.4) is 0 Å². The van der Waals surface area contributed by atoms with E-state index in [-0.39, 0.29) is 11.6 Å². The van der Waals surface area contributed by atoms with Gasteiger partial charge < -0.3 is 10.2 Å². The normalized spacial score (nSPS) is 16.8. The maximum atomic E-state index is 13.8. The molecule has 1 aliphatic heterocycles. The number of carbonyl (C=O) groups excluding carboxylic acids is 2. The van der Waals surface area contributed by atoms with Crippen LogP contribution in [0, 0.1) is 17.1 Å². The van der Waals surface area contributed by atoms with Crippen LogP contribution in [0.5, 0.6) is 0 Å². The molecular weight excluding hydrogens is 309 g/mol. The average Bonchev–Trinajstić information content (AvgIpc) is 2.96. The number of anilines is 1. The fourth-order valence-corrected chi connectivity index (χ4v) is 2.66. The van der Waals surface area contributed by atoms with E-state index in [4.69, 9.17) is 5.26 Å². The summed E-state index contributed by atoms with van der Waals surface area (Å²) in [5, 5.41) is 11.4. The van der Waals surface area contributed by atoms with Crippen molar-refractivity contribution < 1.29 is 14.0 Å². The van der Waals surface area contributed by atoms with E-state index in [1.165, 1.54) is 41.3 Å². The molecule has 2 aromatic rings. The minimum absolute atomic E-state index is 0.220. The van der Waals surface area contributed by atoms with Crippen molar-refractivity contribution >= 4 is 17.5 Å². The molecule has 2 amide bonds. The summed E-state index contributed by atoms with van der Waals surface area (Å²) in [6.45, 7) is 0.345. The van der Waals surface area contributed by atoms with Crippen molar-refractivity contribution in [2.45, 2.75) is 12.5 Å². The van der Waals surface area contributed by atoms with Crippen molar-refractivity contribution in [1.29, 1.82) is 5.26 Å². The van der Waals surface area contributed by atoms with Crippen LogP contribution in [0.1, 0.15) is 22.3 Å². The van der Waals surface area contributed by atoms with Crippen LogP contribution in [-0.4, -0.2) is 24.4 Å². The SMILES string of the molecule is N#Cc1ccc(C(=O)NC2CCN(c3ccccc3F)C2=O)cc1. The molecule has 0 saturated carbocycles. The smallest absolute Gasteiger partial charge is 0.251 e. The van der Waals surface area contributed by atoms with Crippen LogP contribution >= 0.6 is 0 Å². The van der Waals surface area contributed by atoms with E-state index in [2.05, 4.69) is 5.32 Å². The summed E-state index contributed by atoms with van der Waals surface area (Å²) in [7, 11) is 0. The van der Waals surface area contributed by atoms with Crippen LogP contribution in [0.2, 0.25) is 0 Å². The third-order valence-electron chi connectivity index (χ3n) is 3.93. The molecule has 1 fully saturated rings. The third kappa shape index (κ3) is 2.97. The van der Waals surface area contributed by atoms with Crippen LogP contribution in [0.4, 0.5) is 10.1 Å². The summed E-state index contributed by atoms with van der Waals surface area (Å²) in [6.07, 6.45) is 0.412. The number of hydrogen-bond acceptors (Lipinski definition) is 3. The van der Waals surface area contributed by atoms with Crippen molar-refractivity contribution in [1.82, 2.24) is 5.32 Å². The Bertz CT molecular complexity index is 827. The van der Waals surface area contributed by atoms with E-state index >= 15 is 0 Å². The van der Waals surface area contributed by atoms with Crippen LogP contribution in [0.25, 0.3) is 0 Å². The van der Waals surface area contributed by atoms with Crippen molar-refractivity contribution in [3.8, 4) is 6.07 Å². The summed E-state index contributed by atoms with van der Waals surface area (Å²) < 4.78 is 13.8. The highest BCUT2D eigenvalue weighted by Crippen LogP contribution is 2.24. The highest BCUT2D eigenvalue weighted by Gasteiger charge is 2.34. The zero-order valence-corrected chi connectivity index (χ0v) is 12.7. The first-order chi connectivity index (χ1) is 11.6. The molecule has 0 radical (unpaired) electrons. The van der Waals surface area contributed by atoms with Crippen molar-refractivity contribution in [2.24, 2.45) is 0 Å². The zero-order valence-electron chi connectivity index (χ0n) is 12.7. The largest absolute Gasteiger partial charge is 0.340 e. The quantitative estimate of drug-likeness (QED) is 0.941. The van der Waals surface area contributed by atoms with Gasteiger partial charge in [-0.1, -0.05) is 12.1 Å². The second kappa shape index (κ2) is 6.50. The van der Waals surface area contributed by atoms with Crippen LogP contribution in [0.15, 0.2) is 48.5 Å². The number of carbonyl (C=O) groups is 2. The van der Waals surface area contributed by atoms with E-state index < -0.39 is 17.8 Å². The topological polar surface area (TPSA) is 73.2 Å². The van der Waals surface area contributed by atoms with Gasteiger partial charge in [0.25, 0.3) is 5.91 Å². The van der Waals surface area contributed by atoms with E-state index in [0.717, 1.165) is 0 Å². The van der Waals surface area contributed by atoms with Gasteiger partial charge in [-0.3, -0.25) is 9.59 Å². The Kier molecular flexibility index (Phi) is 4.25. The Hall–Kier alpha value is -3.20. The molecule has 1 aliphatic rings. The first-order valence-electron chi connectivity index (χ1n) is 7.47. The molecule has 6 heteroatoms.